The molecule has 0 saturated carbocycles. The Morgan fingerprint density at radius 3 is 2.88 bits per heavy atom. The van der Waals surface area contributed by atoms with Crippen molar-refractivity contribution >= 4 is 23.2 Å². The number of piperidine rings is 1. The van der Waals surface area contributed by atoms with Gasteiger partial charge < -0.3 is 15.3 Å². The normalized spacial score (nSPS) is 20.8. The number of nitrogens with one attached hydrogen (secondary N) is 1. The van der Waals surface area contributed by atoms with Crippen molar-refractivity contribution in [3.63, 3.8) is 0 Å². The number of anilines is 1. The molecule has 0 aliphatic carbocycles. The van der Waals surface area contributed by atoms with Gasteiger partial charge in [-0.15, -0.1) is 11.3 Å². The minimum absolute atomic E-state index is 0.246. The van der Waals surface area contributed by atoms with Gasteiger partial charge in [0.1, 0.15) is 0 Å². The van der Waals surface area contributed by atoms with Crippen molar-refractivity contribution in [2.24, 2.45) is 0 Å². The molecule has 1 aliphatic rings. The Labute approximate surface area is 156 Å². The molecule has 0 spiro atoms. The lowest BCUT2D eigenvalue weighted by Gasteiger charge is -2.36. The first kappa shape index (κ1) is 18.7. The number of rotatable bonds is 5. The number of carbonyl (C=O) groups excluding carboxylic acids is 1. The first-order chi connectivity index (χ1) is 12.4. The Bertz CT molecular complexity index is 752. The quantitative estimate of drug-likeness (QED) is 0.792. The zero-order valence-electron chi connectivity index (χ0n) is 15.2. The number of thiazole rings is 1. The molecule has 0 unspecified atom stereocenters. The average molecular weight is 376 g/mol. The third-order valence-corrected chi connectivity index (χ3v) is 5.10. The van der Waals surface area contributed by atoms with Crippen LogP contribution in [-0.4, -0.2) is 70.2 Å². The van der Waals surface area contributed by atoms with Crippen LogP contribution >= 0.6 is 11.3 Å². The van der Waals surface area contributed by atoms with Gasteiger partial charge in [0.15, 0.2) is 0 Å². The molecule has 0 radical (unpaired) electrons. The fourth-order valence-electron chi connectivity index (χ4n) is 2.99. The first-order valence-electron chi connectivity index (χ1n) is 8.53. The third-order valence-electron chi connectivity index (χ3n) is 4.46. The lowest BCUT2D eigenvalue weighted by molar-refractivity contribution is 0.0345. The summed E-state index contributed by atoms with van der Waals surface area (Å²) in [4.78, 5) is 29.3. The molecule has 1 amide bonds. The summed E-state index contributed by atoms with van der Waals surface area (Å²) in [6, 6.07) is -0.276. The van der Waals surface area contributed by atoms with Crippen molar-refractivity contribution in [2.45, 2.75) is 32.0 Å². The zero-order valence-corrected chi connectivity index (χ0v) is 16.0. The molecule has 3 heterocycles. The Morgan fingerprint density at radius 1 is 1.46 bits per heavy atom. The second-order valence-corrected chi connectivity index (χ2v) is 7.43. The molecule has 3 rings (SSSR count). The van der Waals surface area contributed by atoms with Gasteiger partial charge in [0.25, 0.3) is 5.91 Å². The monoisotopic (exact) mass is 376 g/mol. The van der Waals surface area contributed by atoms with Crippen molar-refractivity contribution in [1.29, 1.82) is 0 Å². The van der Waals surface area contributed by atoms with Crippen LogP contribution in [0.25, 0.3) is 0 Å². The number of amides is 1. The van der Waals surface area contributed by atoms with Gasteiger partial charge in [0, 0.05) is 45.3 Å². The minimum Gasteiger partial charge on any atom is -0.390 e. The van der Waals surface area contributed by atoms with Crippen LogP contribution in [-0.2, 0) is 6.54 Å². The molecule has 0 bridgehead atoms. The van der Waals surface area contributed by atoms with E-state index in [0.29, 0.717) is 30.2 Å². The van der Waals surface area contributed by atoms with Gasteiger partial charge in [-0.05, 0) is 13.3 Å². The Morgan fingerprint density at radius 2 is 2.27 bits per heavy atom. The van der Waals surface area contributed by atoms with E-state index in [0.717, 1.165) is 18.8 Å². The fraction of sp³-hybridized carbons (Fsp3) is 0.529. The van der Waals surface area contributed by atoms with E-state index in [4.69, 9.17) is 0 Å². The van der Waals surface area contributed by atoms with E-state index in [1.165, 1.54) is 6.20 Å². The molecule has 9 heteroatoms. The molecular formula is C17H24N6O2S. The van der Waals surface area contributed by atoms with Gasteiger partial charge >= 0.3 is 0 Å². The predicted octanol–water partition coefficient (Wildman–Crippen LogP) is 0.673. The number of aliphatic hydroxyl groups excluding tert-OH is 1. The summed E-state index contributed by atoms with van der Waals surface area (Å²) in [5, 5.41) is 15.4. The maximum atomic E-state index is 12.6. The summed E-state index contributed by atoms with van der Waals surface area (Å²) in [7, 11) is 3.70. The van der Waals surface area contributed by atoms with Crippen LogP contribution in [0.1, 0.15) is 28.2 Å². The second kappa shape index (κ2) is 8.07. The number of aliphatic hydroxyl groups is 1. The molecule has 2 aromatic heterocycles. The SMILES string of the molecule is Cc1nc(N(C)C)ncc1C(=O)N[C@@H]1CCN(Cc2cscn2)C[C@H]1O. The van der Waals surface area contributed by atoms with Gasteiger partial charge in [-0.25, -0.2) is 15.0 Å². The van der Waals surface area contributed by atoms with Crippen molar-refractivity contribution in [2.75, 3.05) is 32.1 Å². The third kappa shape index (κ3) is 4.35. The van der Waals surface area contributed by atoms with Gasteiger partial charge in [-0.1, -0.05) is 0 Å². The molecule has 1 aliphatic heterocycles. The van der Waals surface area contributed by atoms with E-state index in [-0.39, 0.29) is 11.9 Å². The van der Waals surface area contributed by atoms with Crippen molar-refractivity contribution in [3.8, 4) is 0 Å². The number of carbonyl (C=O) groups is 1. The van der Waals surface area contributed by atoms with Gasteiger partial charge in [0.2, 0.25) is 5.95 Å². The summed E-state index contributed by atoms with van der Waals surface area (Å²) in [5.74, 6) is 0.319. The number of likely N-dealkylation sites (tertiary alicyclic amines) is 1. The molecule has 2 aromatic rings. The van der Waals surface area contributed by atoms with E-state index in [1.54, 1.807) is 23.2 Å². The topological polar surface area (TPSA) is 94.5 Å². The predicted molar refractivity (Wildman–Crippen MR) is 100 cm³/mol. The van der Waals surface area contributed by atoms with Crippen LogP contribution in [0, 0.1) is 6.92 Å². The van der Waals surface area contributed by atoms with Crippen LogP contribution in [0.5, 0.6) is 0 Å². The summed E-state index contributed by atoms with van der Waals surface area (Å²) < 4.78 is 0. The van der Waals surface area contributed by atoms with Crippen molar-refractivity contribution < 1.29 is 9.90 Å². The highest BCUT2D eigenvalue weighted by Crippen LogP contribution is 2.16. The maximum Gasteiger partial charge on any atom is 0.255 e. The van der Waals surface area contributed by atoms with Crippen LogP contribution < -0.4 is 10.2 Å². The average Bonchev–Trinajstić information content (AvgIpc) is 3.10. The fourth-order valence-corrected chi connectivity index (χ4v) is 3.54. The van der Waals surface area contributed by atoms with Crippen LogP contribution in [0.15, 0.2) is 17.1 Å². The van der Waals surface area contributed by atoms with Crippen LogP contribution in [0.2, 0.25) is 0 Å². The standard InChI is InChI=1S/C17H24N6O2S/c1-11-13(6-18-17(20-11)22(2)3)16(25)21-14-4-5-23(8-15(14)24)7-12-9-26-10-19-12/h6,9-10,14-15,24H,4-5,7-8H2,1-3H3,(H,21,25)/t14-,15-/m1/s1. The molecule has 1 saturated heterocycles. The van der Waals surface area contributed by atoms with E-state index in [2.05, 4.69) is 25.2 Å². The largest absolute Gasteiger partial charge is 0.390 e. The molecule has 26 heavy (non-hydrogen) atoms. The number of hydrogen-bond donors (Lipinski definition) is 2. The number of aryl methyl sites for hydroxylation is 1. The number of aromatic nitrogens is 3. The second-order valence-electron chi connectivity index (χ2n) is 6.71. The first-order valence-corrected chi connectivity index (χ1v) is 9.47. The van der Waals surface area contributed by atoms with Crippen molar-refractivity contribution in [3.05, 3.63) is 34.0 Å². The highest BCUT2D eigenvalue weighted by atomic mass is 32.1. The lowest BCUT2D eigenvalue weighted by Crippen LogP contribution is -2.53. The molecule has 0 aromatic carbocycles. The highest BCUT2D eigenvalue weighted by molar-refractivity contribution is 7.07. The van der Waals surface area contributed by atoms with Crippen molar-refractivity contribution in [1.82, 2.24) is 25.2 Å². The van der Waals surface area contributed by atoms with E-state index < -0.39 is 6.10 Å². The Kier molecular flexibility index (Phi) is 5.80. The molecule has 8 nitrogen and oxygen atoms in total. The lowest BCUT2D eigenvalue weighted by atomic mass is 10.0. The Balaban J connectivity index is 1.58. The molecular weight excluding hydrogens is 352 g/mol. The van der Waals surface area contributed by atoms with Gasteiger partial charge in [-0.3, -0.25) is 9.69 Å². The molecule has 2 N–H and O–H groups in total. The van der Waals surface area contributed by atoms with Gasteiger partial charge in [0.05, 0.1) is 34.6 Å². The molecule has 2 atom stereocenters. The highest BCUT2D eigenvalue weighted by Gasteiger charge is 2.29. The summed E-state index contributed by atoms with van der Waals surface area (Å²) in [5.41, 5.74) is 3.88. The van der Waals surface area contributed by atoms with E-state index >= 15 is 0 Å². The van der Waals surface area contributed by atoms with Crippen LogP contribution in [0.3, 0.4) is 0 Å². The maximum absolute atomic E-state index is 12.6. The number of nitrogens with zero attached hydrogens (tertiary/aromatic N) is 5. The van der Waals surface area contributed by atoms with E-state index in [1.807, 2.05) is 25.0 Å². The number of β-amino-alcohol motifs (C(OH)–C–C–N with tert-alkyl or cyclic N) is 1. The summed E-state index contributed by atoms with van der Waals surface area (Å²) in [6.07, 6.45) is 1.61. The van der Waals surface area contributed by atoms with Crippen LogP contribution in [0.4, 0.5) is 5.95 Å². The number of hydrogen-bond acceptors (Lipinski definition) is 8. The minimum atomic E-state index is -0.617. The molecule has 1 fully saturated rings. The summed E-state index contributed by atoms with van der Waals surface area (Å²) in [6.45, 7) is 3.82. The zero-order chi connectivity index (χ0) is 18.7. The Hall–Kier alpha value is -2.10. The smallest absolute Gasteiger partial charge is 0.255 e. The summed E-state index contributed by atoms with van der Waals surface area (Å²) >= 11 is 1.57. The molecule has 140 valence electrons. The van der Waals surface area contributed by atoms with Gasteiger partial charge in [-0.2, -0.15) is 0 Å². The van der Waals surface area contributed by atoms with E-state index in [9.17, 15) is 9.90 Å².